The fourth-order valence-corrected chi connectivity index (χ4v) is 7.77. The van der Waals surface area contributed by atoms with Crippen LogP contribution in [-0.2, 0) is 40.2 Å². The number of nitrogens with two attached hydrogens (primary N) is 1. The Bertz CT molecular complexity index is 2040. The van der Waals surface area contributed by atoms with Crippen molar-refractivity contribution >= 4 is 35.6 Å². The minimum Gasteiger partial charge on any atom is -0.498 e. The molecule has 4 aliphatic heterocycles. The highest BCUT2D eigenvalue weighted by Crippen LogP contribution is 2.39. The summed E-state index contributed by atoms with van der Waals surface area (Å²) < 4.78 is 23.8. The van der Waals surface area contributed by atoms with E-state index in [9.17, 15) is 9.59 Å². The Hall–Kier alpha value is -5.42. The third-order valence-corrected chi connectivity index (χ3v) is 10.6. The number of aliphatic imine (C=N–C) groups is 2. The molecule has 4 heterocycles. The third-order valence-electron chi connectivity index (χ3n) is 10.6. The molecule has 268 valence electrons. The lowest BCUT2D eigenvalue weighted by Gasteiger charge is -2.35. The van der Waals surface area contributed by atoms with Gasteiger partial charge in [-0.25, -0.2) is 0 Å². The lowest BCUT2D eigenvalue weighted by atomic mass is 9.93. The molecule has 52 heavy (non-hydrogen) atoms. The minimum absolute atomic E-state index is 0.0511. The van der Waals surface area contributed by atoms with Crippen LogP contribution in [0.1, 0.15) is 58.3 Å². The summed E-state index contributed by atoms with van der Waals surface area (Å²) in [6.45, 7) is 2.05. The third kappa shape index (κ3) is 6.45. The quantitative estimate of drug-likeness (QED) is 0.212. The topological polar surface area (TPSA) is 128 Å². The van der Waals surface area contributed by atoms with Crippen LogP contribution in [0, 0.1) is 0 Å². The number of benzene rings is 3. The first kappa shape index (κ1) is 33.7. The zero-order chi connectivity index (χ0) is 35.8. The average molecular weight is 702 g/mol. The summed E-state index contributed by atoms with van der Waals surface area (Å²) in [6, 6.07) is 17.5. The molecule has 5 aliphatic rings. The Morgan fingerprint density at radius 3 is 2.29 bits per heavy atom. The summed E-state index contributed by atoms with van der Waals surface area (Å²) in [4.78, 5) is 40.7. The number of hydrogen-bond donors (Lipinski definition) is 1. The monoisotopic (exact) mass is 701 g/mol. The number of anilines is 1. The standard InChI is InChI=1S/C41H43N5O6/c1-49-36-17-32-34(43-21-30-15-25-8-4-5-9-27(25)23-45(30)40(32)47)19-38(36)51-12-6-3-7-13-52-39-20-35-33(18-37(39)50-2)41(48)46-24-28-14-29(42)11-10-26(28)16-31(46)22-44-35/h4-5,8-11,14,17-19,21-22,30-31,39H,3,6-7,12-13,15-16,20,23-24,42H2,1-2H3/t30-,31?,39?/m0/s1. The fourth-order valence-electron chi connectivity index (χ4n) is 7.77. The van der Waals surface area contributed by atoms with Gasteiger partial charge in [0.2, 0.25) is 0 Å². The summed E-state index contributed by atoms with van der Waals surface area (Å²) in [5.41, 5.74) is 13.8. The van der Waals surface area contributed by atoms with E-state index >= 15 is 0 Å². The second kappa shape index (κ2) is 14.3. The highest BCUT2D eigenvalue weighted by Gasteiger charge is 2.37. The largest absolute Gasteiger partial charge is 0.498 e. The molecule has 3 atom stereocenters. The molecule has 0 spiro atoms. The maximum atomic E-state index is 13.7. The number of carbonyl (C=O) groups excluding carboxylic acids is 2. The van der Waals surface area contributed by atoms with Gasteiger partial charge in [-0.05, 0) is 78.6 Å². The van der Waals surface area contributed by atoms with E-state index in [2.05, 4.69) is 12.1 Å². The number of rotatable bonds is 10. The predicted molar refractivity (Wildman–Crippen MR) is 198 cm³/mol. The first-order valence-electron chi connectivity index (χ1n) is 18.0. The highest BCUT2D eigenvalue weighted by molar-refractivity contribution is 6.03. The van der Waals surface area contributed by atoms with E-state index in [-0.39, 0.29) is 30.0 Å². The number of ether oxygens (including phenoxy) is 4. The fraction of sp³-hybridized carbons (Fsp3) is 0.366. The molecule has 2 N–H and O–H groups in total. The number of nitrogens with zero attached hydrogens (tertiary/aromatic N) is 4. The van der Waals surface area contributed by atoms with Crippen LogP contribution in [0.15, 0.2) is 87.7 Å². The second-order valence-corrected chi connectivity index (χ2v) is 13.9. The Morgan fingerprint density at radius 1 is 0.750 bits per heavy atom. The maximum absolute atomic E-state index is 13.7. The molecule has 8 rings (SSSR count). The van der Waals surface area contributed by atoms with Crippen LogP contribution >= 0.6 is 0 Å². The molecule has 3 aromatic rings. The molecule has 0 saturated carbocycles. The molecule has 3 aromatic carbocycles. The van der Waals surface area contributed by atoms with Gasteiger partial charge in [0.15, 0.2) is 11.5 Å². The number of fused-ring (bicyclic) bond motifs is 5. The van der Waals surface area contributed by atoms with E-state index in [1.807, 2.05) is 58.6 Å². The molecule has 0 aromatic heterocycles. The first-order valence-corrected chi connectivity index (χ1v) is 18.0. The van der Waals surface area contributed by atoms with E-state index in [1.54, 1.807) is 26.4 Å². The van der Waals surface area contributed by atoms with Gasteiger partial charge < -0.3 is 34.5 Å². The van der Waals surface area contributed by atoms with Crippen molar-refractivity contribution in [2.75, 3.05) is 33.2 Å². The maximum Gasteiger partial charge on any atom is 0.257 e. The Labute approximate surface area is 303 Å². The SMILES string of the molecule is COC1=CC2=C(CC1OCCCCCOc1cc3c(cc1OC)C(=O)N1Cc4ccccc4C[C@H]1C=N3)N=CC1Cc3ccc(N)cc3CN1C2=O. The van der Waals surface area contributed by atoms with Crippen LogP contribution in [-0.4, -0.2) is 79.7 Å². The van der Waals surface area contributed by atoms with Crippen molar-refractivity contribution in [2.45, 2.75) is 69.8 Å². The number of nitrogen functional groups attached to an aromatic ring is 1. The molecule has 11 nitrogen and oxygen atoms in total. The molecule has 2 unspecified atom stereocenters. The summed E-state index contributed by atoms with van der Waals surface area (Å²) in [5, 5.41) is 0. The van der Waals surface area contributed by atoms with E-state index in [0.717, 1.165) is 36.9 Å². The number of carbonyl (C=O) groups is 2. The van der Waals surface area contributed by atoms with E-state index in [1.165, 1.54) is 16.7 Å². The van der Waals surface area contributed by atoms with Crippen molar-refractivity contribution in [3.63, 3.8) is 0 Å². The van der Waals surface area contributed by atoms with E-state index in [0.29, 0.717) is 78.9 Å². The van der Waals surface area contributed by atoms with Gasteiger partial charge in [0.1, 0.15) is 11.9 Å². The van der Waals surface area contributed by atoms with Gasteiger partial charge in [0.25, 0.3) is 11.8 Å². The van der Waals surface area contributed by atoms with Crippen LogP contribution in [0.3, 0.4) is 0 Å². The van der Waals surface area contributed by atoms with Crippen LogP contribution in [0.5, 0.6) is 11.5 Å². The average Bonchev–Trinajstić information content (AvgIpc) is 3.38. The second-order valence-electron chi connectivity index (χ2n) is 13.9. The predicted octanol–water partition coefficient (Wildman–Crippen LogP) is 5.72. The molecule has 0 fully saturated rings. The molecule has 0 bridgehead atoms. The smallest absolute Gasteiger partial charge is 0.257 e. The van der Waals surface area contributed by atoms with E-state index < -0.39 is 0 Å². The Kier molecular flexibility index (Phi) is 9.27. The molecular weight excluding hydrogens is 658 g/mol. The molecule has 11 heteroatoms. The van der Waals surface area contributed by atoms with Gasteiger partial charge in [0.05, 0.1) is 55.4 Å². The molecule has 2 amide bonds. The Morgan fingerprint density at radius 2 is 1.48 bits per heavy atom. The number of unbranched alkanes of at least 4 members (excludes halogenated alkanes) is 2. The normalized spacial score (nSPS) is 21.5. The van der Waals surface area contributed by atoms with Crippen molar-refractivity contribution in [1.29, 1.82) is 0 Å². The van der Waals surface area contributed by atoms with Crippen LogP contribution < -0.4 is 15.2 Å². The van der Waals surface area contributed by atoms with E-state index in [4.69, 9.17) is 34.7 Å². The van der Waals surface area contributed by atoms with Crippen LogP contribution in [0.2, 0.25) is 0 Å². The van der Waals surface area contributed by atoms with Crippen molar-refractivity contribution in [1.82, 2.24) is 9.80 Å². The van der Waals surface area contributed by atoms with Gasteiger partial charge in [-0.3, -0.25) is 19.6 Å². The summed E-state index contributed by atoms with van der Waals surface area (Å²) in [5.74, 6) is 1.59. The Balaban J connectivity index is 0.839. The summed E-state index contributed by atoms with van der Waals surface area (Å²) >= 11 is 0. The van der Waals surface area contributed by atoms with Crippen molar-refractivity contribution < 1.29 is 28.5 Å². The summed E-state index contributed by atoms with van der Waals surface area (Å²) in [7, 11) is 3.19. The lowest BCUT2D eigenvalue weighted by molar-refractivity contribution is -0.128. The summed E-state index contributed by atoms with van der Waals surface area (Å²) in [6.07, 6.45) is 9.67. The van der Waals surface area contributed by atoms with Crippen molar-refractivity contribution in [2.24, 2.45) is 9.98 Å². The van der Waals surface area contributed by atoms with Gasteiger partial charge in [0, 0.05) is 50.3 Å². The van der Waals surface area contributed by atoms with Gasteiger partial charge in [-0.2, -0.15) is 0 Å². The van der Waals surface area contributed by atoms with Crippen molar-refractivity contribution in [3.05, 3.63) is 106 Å². The lowest BCUT2D eigenvalue weighted by Crippen LogP contribution is -2.45. The molecule has 0 saturated heterocycles. The number of methoxy groups -OCH3 is 2. The molecular formula is C41H43N5O6. The molecule has 1 aliphatic carbocycles. The first-order chi connectivity index (χ1) is 25.4. The number of amides is 2. The van der Waals surface area contributed by atoms with Crippen LogP contribution in [0.25, 0.3) is 0 Å². The van der Waals surface area contributed by atoms with Gasteiger partial charge in [-0.15, -0.1) is 0 Å². The minimum atomic E-state index is -0.321. The van der Waals surface area contributed by atoms with Crippen molar-refractivity contribution in [3.8, 4) is 11.5 Å². The highest BCUT2D eigenvalue weighted by atomic mass is 16.5. The zero-order valence-corrected chi connectivity index (χ0v) is 29.5. The number of hydrogen-bond acceptors (Lipinski definition) is 9. The van der Waals surface area contributed by atoms with Gasteiger partial charge in [-0.1, -0.05) is 30.3 Å². The van der Waals surface area contributed by atoms with Gasteiger partial charge >= 0.3 is 0 Å². The molecule has 0 radical (unpaired) electrons. The zero-order valence-electron chi connectivity index (χ0n) is 29.5. The van der Waals surface area contributed by atoms with Crippen LogP contribution in [0.4, 0.5) is 11.4 Å².